The summed E-state index contributed by atoms with van der Waals surface area (Å²) in [5.41, 5.74) is 0. The van der Waals surface area contributed by atoms with E-state index in [1.54, 1.807) is 0 Å². The highest BCUT2D eigenvalue weighted by Crippen LogP contribution is 2.19. The minimum atomic E-state index is -0.792. The van der Waals surface area contributed by atoms with E-state index >= 15 is 0 Å². The van der Waals surface area contributed by atoms with E-state index in [9.17, 15) is 19.8 Å². The Morgan fingerprint density at radius 1 is 0.408 bits per heavy atom. The van der Waals surface area contributed by atoms with Crippen molar-refractivity contribution in [3.63, 3.8) is 0 Å². The van der Waals surface area contributed by atoms with E-state index in [-0.39, 0.29) is 24.9 Å². The molecule has 418 valence electrons. The zero-order valence-corrected chi connectivity index (χ0v) is 47.9. The average molecular weight is 999 g/mol. The third-order valence-corrected chi connectivity index (χ3v) is 14.7. The number of hydrogen-bond donors (Lipinski definition) is 3. The second kappa shape index (κ2) is 59.0. The third kappa shape index (κ3) is 54.2. The molecule has 3 unspecified atom stereocenters. The van der Waals surface area contributed by atoms with Crippen molar-refractivity contribution < 1.29 is 24.5 Å². The monoisotopic (exact) mass is 998 g/mol. The lowest BCUT2D eigenvalue weighted by Gasteiger charge is -2.24. The number of ether oxygens (including phenoxy) is 1. The molecular formula is C65H123NO5. The van der Waals surface area contributed by atoms with Crippen molar-refractivity contribution in [1.29, 1.82) is 0 Å². The van der Waals surface area contributed by atoms with E-state index in [4.69, 9.17) is 4.74 Å². The lowest BCUT2D eigenvalue weighted by Crippen LogP contribution is -2.46. The highest BCUT2D eigenvalue weighted by molar-refractivity contribution is 5.77. The highest BCUT2D eigenvalue weighted by atomic mass is 16.5. The molecule has 71 heavy (non-hydrogen) atoms. The van der Waals surface area contributed by atoms with Gasteiger partial charge < -0.3 is 20.3 Å². The summed E-state index contributed by atoms with van der Waals surface area (Å²) in [5, 5.41) is 24.0. The zero-order chi connectivity index (χ0) is 51.6. The van der Waals surface area contributed by atoms with Gasteiger partial charge in [-0.05, 0) is 83.5 Å². The number of allylic oxidation sites excluding steroid dienone is 6. The SMILES string of the molecule is CCCCC/C=C\C/C=C\CCCCCCCCCCCC(=O)OC(CCCCC/C=C/CCCCCCCCCCC)CC(=O)NC(CO)C(O)CCCCCCCCCCCCCCCCCCC. The number of hydrogen-bond acceptors (Lipinski definition) is 5. The van der Waals surface area contributed by atoms with Gasteiger partial charge in [-0.3, -0.25) is 9.59 Å². The van der Waals surface area contributed by atoms with Crippen LogP contribution in [-0.2, 0) is 14.3 Å². The lowest BCUT2D eigenvalue weighted by atomic mass is 10.0. The predicted molar refractivity (Wildman–Crippen MR) is 310 cm³/mol. The van der Waals surface area contributed by atoms with Crippen LogP contribution in [0.5, 0.6) is 0 Å². The fourth-order valence-corrected chi connectivity index (χ4v) is 9.87. The summed E-state index contributed by atoms with van der Waals surface area (Å²) in [6, 6.07) is -0.707. The Morgan fingerprint density at radius 3 is 1.13 bits per heavy atom. The Hall–Kier alpha value is -1.92. The Morgan fingerprint density at radius 2 is 0.718 bits per heavy atom. The number of aliphatic hydroxyl groups excluding tert-OH is 2. The van der Waals surface area contributed by atoms with Crippen LogP contribution in [-0.4, -0.2) is 46.9 Å². The van der Waals surface area contributed by atoms with Crippen LogP contribution in [0.25, 0.3) is 0 Å². The van der Waals surface area contributed by atoms with Crippen LogP contribution >= 0.6 is 0 Å². The molecule has 0 aliphatic rings. The highest BCUT2D eigenvalue weighted by Gasteiger charge is 2.24. The summed E-state index contributed by atoms with van der Waals surface area (Å²) in [7, 11) is 0. The maximum atomic E-state index is 13.3. The molecule has 3 atom stereocenters. The first kappa shape index (κ1) is 69.1. The standard InChI is InChI=1S/C65H123NO5/c1-4-7-10-13-16-19-22-25-28-31-32-34-37-40-43-46-49-52-55-58-65(70)71-61(56-53-50-47-44-41-38-35-30-27-24-21-18-15-12-9-6-3)59-64(69)66-62(60-67)63(68)57-54-51-48-45-42-39-36-33-29-26-23-20-17-14-11-8-5-2/h16,19,25,28,38,41,61-63,67-68H,4-15,17-18,20-24,26-27,29-37,39-40,42-60H2,1-3H3,(H,66,69)/b19-16-,28-25-,41-38+. The second-order valence-electron chi connectivity index (χ2n) is 21.8. The average Bonchev–Trinajstić information content (AvgIpc) is 3.36. The van der Waals surface area contributed by atoms with Gasteiger partial charge in [-0.2, -0.15) is 0 Å². The molecule has 3 N–H and O–H groups in total. The minimum Gasteiger partial charge on any atom is -0.462 e. The van der Waals surface area contributed by atoms with Crippen LogP contribution in [0.4, 0.5) is 0 Å². The van der Waals surface area contributed by atoms with Gasteiger partial charge in [-0.25, -0.2) is 0 Å². The maximum absolute atomic E-state index is 13.3. The molecule has 0 aliphatic carbocycles. The van der Waals surface area contributed by atoms with E-state index < -0.39 is 18.2 Å². The predicted octanol–water partition coefficient (Wildman–Crippen LogP) is 20.0. The number of nitrogens with one attached hydrogen (secondary N) is 1. The van der Waals surface area contributed by atoms with Gasteiger partial charge in [0, 0.05) is 6.42 Å². The molecule has 0 heterocycles. The van der Waals surface area contributed by atoms with Crippen LogP contribution in [0.1, 0.15) is 342 Å². The summed E-state index contributed by atoms with van der Waals surface area (Å²) in [4.78, 5) is 26.4. The van der Waals surface area contributed by atoms with Gasteiger partial charge in [-0.15, -0.1) is 0 Å². The van der Waals surface area contributed by atoms with Gasteiger partial charge in [-0.1, -0.05) is 282 Å². The summed E-state index contributed by atoms with van der Waals surface area (Å²) < 4.78 is 5.98. The molecule has 0 aromatic rings. The molecule has 0 rings (SSSR count). The number of carbonyl (C=O) groups excluding carboxylic acids is 2. The maximum Gasteiger partial charge on any atom is 0.306 e. The number of amides is 1. The first-order valence-electron chi connectivity index (χ1n) is 31.7. The molecule has 0 fully saturated rings. The smallest absolute Gasteiger partial charge is 0.306 e. The summed E-state index contributed by atoms with van der Waals surface area (Å²) >= 11 is 0. The van der Waals surface area contributed by atoms with E-state index in [0.717, 1.165) is 64.2 Å². The zero-order valence-electron chi connectivity index (χ0n) is 47.9. The minimum absolute atomic E-state index is 0.0690. The van der Waals surface area contributed by atoms with Gasteiger partial charge in [0.15, 0.2) is 0 Å². The van der Waals surface area contributed by atoms with Crippen molar-refractivity contribution in [3.05, 3.63) is 36.5 Å². The van der Waals surface area contributed by atoms with Crippen molar-refractivity contribution >= 4 is 11.9 Å². The van der Waals surface area contributed by atoms with Gasteiger partial charge in [0.2, 0.25) is 5.91 Å². The molecule has 0 saturated heterocycles. The summed E-state index contributed by atoms with van der Waals surface area (Å²) in [6.07, 6.45) is 72.2. The number of aliphatic hydroxyl groups is 2. The molecule has 0 radical (unpaired) electrons. The van der Waals surface area contributed by atoms with E-state index in [1.807, 2.05) is 0 Å². The molecule has 0 bridgehead atoms. The van der Waals surface area contributed by atoms with E-state index in [0.29, 0.717) is 19.3 Å². The van der Waals surface area contributed by atoms with Crippen molar-refractivity contribution in [2.75, 3.05) is 6.61 Å². The first-order valence-corrected chi connectivity index (χ1v) is 31.7. The van der Waals surface area contributed by atoms with Gasteiger partial charge in [0.25, 0.3) is 0 Å². The Labute approximate surface area is 443 Å². The van der Waals surface area contributed by atoms with E-state index in [2.05, 4.69) is 62.5 Å². The molecule has 0 aromatic heterocycles. The number of esters is 1. The molecule has 0 spiro atoms. The lowest BCUT2D eigenvalue weighted by molar-refractivity contribution is -0.151. The molecule has 0 aliphatic heterocycles. The molecule has 6 nitrogen and oxygen atoms in total. The van der Waals surface area contributed by atoms with Crippen LogP contribution in [0, 0.1) is 0 Å². The Bertz CT molecular complexity index is 1170. The van der Waals surface area contributed by atoms with Crippen LogP contribution in [0.15, 0.2) is 36.5 Å². The molecule has 0 aromatic carbocycles. The fraction of sp³-hybridized carbons (Fsp3) is 0.877. The van der Waals surface area contributed by atoms with Gasteiger partial charge in [0.1, 0.15) is 6.10 Å². The number of unbranched alkanes of at least 4 members (excludes halogenated alkanes) is 40. The van der Waals surface area contributed by atoms with Gasteiger partial charge in [0.05, 0.1) is 25.2 Å². The van der Waals surface area contributed by atoms with Crippen molar-refractivity contribution in [1.82, 2.24) is 5.32 Å². The van der Waals surface area contributed by atoms with Crippen LogP contribution in [0.2, 0.25) is 0 Å². The third-order valence-electron chi connectivity index (χ3n) is 14.7. The van der Waals surface area contributed by atoms with Crippen molar-refractivity contribution in [2.24, 2.45) is 0 Å². The molecular weight excluding hydrogens is 875 g/mol. The Kier molecular flexibility index (Phi) is 57.4. The molecule has 6 heteroatoms. The largest absolute Gasteiger partial charge is 0.462 e. The summed E-state index contributed by atoms with van der Waals surface area (Å²) in [6.45, 7) is 6.51. The van der Waals surface area contributed by atoms with Crippen molar-refractivity contribution in [2.45, 2.75) is 360 Å². The van der Waals surface area contributed by atoms with Crippen molar-refractivity contribution in [3.8, 4) is 0 Å². The number of rotatable bonds is 58. The second-order valence-corrected chi connectivity index (χ2v) is 21.8. The quantitative estimate of drug-likeness (QED) is 0.0321. The normalized spacial score (nSPS) is 13.3. The fourth-order valence-electron chi connectivity index (χ4n) is 9.87. The topological polar surface area (TPSA) is 95.9 Å². The Balaban J connectivity index is 4.52. The van der Waals surface area contributed by atoms with Crippen LogP contribution < -0.4 is 5.32 Å². The summed E-state index contributed by atoms with van der Waals surface area (Å²) in [5.74, 6) is -0.475. The first-order chi connectivity index (χ1) is 35.0. The van der Waals surface area contributed by atoms with E-state index in [1.165, 1.54) is 231 Å². The molecule has 0 saturated carbocycles. The van der Waals surface area contributed by atoms with Gasteiger partial charge >= 0.3 is 5.97 Å². The number of carbonyl (C=O) groups is 2. The molecule has 1 amide bonds. The van der Waals surface area contributed by atoms with Crippen LogP contribution in [0.3, 0.4) is 0 Å².